The molecule has 0 saturated carbocycles. The van der Waals surface area contributed by atoms with Crippen molar-refractivity contribution in [3.63, 3.8) is 0 Å². The molecule has 1 heterocycles. The van der Waals surface area contributed by atoms with Gasteiger partial charge in [0.25, 0.3) is 5.91 Å². The number of nitrogens with zero attached hydrogens (tertiary/aromatic N) is 2. The topological polar surface area (TPSA) is 61.9 Å². The number of carbonyl (C=O) groups is 2. The van der Waals surface area contributed by atoms with Crippen LogP contribution in [0.4, 0.5) is 11.4 Å². The van der Waals surface area contributed by atoms with Crippen LogP contribution in [0, 0.1) is 0 Å². The van der Waals surface area contributed by atoms with Crippen molar-refractivity contribution in [3.8, 4) is 5.75 Å². The lowest BCUT2D eigenvalue weighted by molar-refractivity contribution is -0.131. The minimum atomic E-state index is -0.234. The molecule has 0 spiro atoms. The Morgan fingerprint density at radius 1 is 1.07 bits per heavy atom. The number of para-hydroxylation sites is 2. The standard InChI is InChI=1S/C22H26ClN3O3/c1-3-21(27)26-13-11-25(12-14-26)19-8-6-5-7-18(19)24-22(28)16-9-10-20(29-4-2)17(23)15-16/h5-10,15H,3-4,11-14H2,1-2H3,(H,24,28). The summed E-state index contributed by atoms with van der Waals surface area (Å²) < 4.78 is 5.42. The maximum atomic E-state index is 12.8. The molecule has 29 heavy (non-hydrogen) atoms. The molecule has 1 aliphatic heterocycles. The fraction of sp³-hybridized carbons (Fsp3) is 0.364. The Hall–Kier alpha value is -2.73. The highest BCUT2D eigenvalue weighted by Gasteiger charge is 2.22. The van der Waals surface area contributed by atoms with Crippen molar-refractivity contribution in [1.82, 2.24) is 4.90 Å². The van der Waals surface area contributed by atoms with Crippen LogP contribution in [0.1, 0.15) is 30.6 Å². The molecule has 3 rings (SSSR count). The van der Waals surface area contributed by atoms with Crippen molar-refractivity contribution < 1.29 is 14.3 Å². The van der Waals surface area contributed by atoms with Crippen LogP contribution in [0.3, 0.4) is 0 Å². The first-order chi connectivity index (χ1) is 14.0. The number of amides is 2. The van der Waals surface area contributed by atoms with E-state index in [0.29, 0.717) is 42.5 Å². The van der Waals surface area contributed by atoms with Crippen LogP contribution in [-0.2, 0) is 4.79 Å². The van der Waals surface area contributed by atoms with Crippen molar-refractivity contribution in [3.05, 3.63) is 53.1 Å². The molecular formula is C22H26ClN3O3. The van der Waals surface area contributed by atoms with E-state index in [2.05, 4.69) is 10.2 Å². The zero-order valence-electron chi connectivity index (χ0n) is 16.8. The zero-order valence-corrected chi connectivity index (χ0v) is 17.5. The van der Waals surface area contributed by atoms with Crippen molar-refractivity contribution in [2.24, 2.45) is 0 Å². The van der Waals surface area contributed by atoms with E-state index in [1.54, 1.807) is 18.2 Å². The summed E-state index contributed by atoms with van der Waals surface area (Å²) in [6.45, 7) is 7.10. The second-order valence-corrected chi connectivity index (χ2v) is 7.18. The zero-order chi connectivity index (χ0) is 20.8. The number of anilines is 2. The first-order valence-corrected chi connectivity index (χ1v) is 10.3. The van der Waals surface area contributed by atoms with Gasteiger partial charge < -0.3 is 19.9 Å². The summed E-state index contributed by atoms with van der Waals surface area (Å²) >= 11 is 6.21. The van der Waals surface area contributed by atoms with Crippen LogP contribution < -0.4 is 15.0 Å². The molecule has 0 radical (unpaired) electrons. The highest BCUT2D eigenvalue weighted by atomic mass is 35.5. The fourth-order valence-electron chi connectivity index (χ4n) is 3.38. The summed E-state index contributed by atoms with van der Waals surface area (Å²) in [5.41, 5.74) is 2.14. The number of benzene rings is 2. The lowest BCUT2D eigenvalue weighted by Crippen LogP contribution is -2.48. The average molecular weight is 416 g/mol. The molecule has 0 aromatic heterocycles. The first kappa shape index (κ1) is 21.0. The van der Waals surface area contributed by atoms with Gasteiger partial charge in [-0.25, -0.2) is 0 Å². The maximum Gasteiger partial charge on any atom is 0.255 e. The lowest BCUT2D eigenvalue weighted by Gasteiger charge is -2.36. The normalized spacial score (nSPS) is 13.9. The molecule has 7 heteroatoms. The predicted octanol–water partition coefficient (Wildman–Crippen LogP) is 4.05. The Balaban J connectivity index is 1.72. The van der Waals surface area contributed by atoms with E-state index in [4.69, 9.17) is 16.3 Å². The van der Waals surface area contributed by atoms with Crippen LogP contribution in [0.5, 0.6) is 5.75 Å². The number of piperazine rings is 1. The fourth-order valence-corrected chi connectivity index (χ4v) is 3.62. The van der Waals surface area contributed by atoms with Crippen LogP contribution in [0.15, 0.2) is 42.5 Å². The number of halogens is 1. The molecule has 1 saturated heterocycles. The monoisotopic (exact) mass is 415 g/mol. The molecule has 0 unspecified atom stereocenters. The van der Waals surface area contributed by atoms with Crippen molar-refractivity contribution >= 4 is 34.8 Å². The van der Waals surface area contributed by atoms with Gasteiger partial charge >= 0.3 is 0 Å². The summed E-state index contributed by atoms with van der Waals surface area (Å²) in [6, 6.07) is 12.7. The Labute approximate surface area is 176 Å². The predicted molar refractivity (Wildman–Crippen MR) is 116 cm³/mol. The molecule has 1 fully saturated rings. The highest BCUT2D eigenvalue weighted by Crippen LogP contribution is 2.29. The van der Waals surface area contributed by atoms with Crippen LogP contribution in [-0.4, -0.2) is 49.5 Å². The first-order valence-electron chi connectivity index (χ1n) is 9.89. The number of hydrogen-bond acceptors (Lipinski definition) is 4. The summed E-state index contributed by atoms with van der Waals surface area (Å²) in [6.07, 6.45) is 0.525. The second kappa shape index (κ2) is 9.65. The highest BCUT2D eigenvalue weighted by molar-refractivity contribution is 6.32. The van der Waals surface area contributed by atoms with Crippen LogP contribution in [0.2, 0.25) is 5.02 Å². The van der Waals surface area contributed by atoms with E-state index in [0.717, 1.165) is 24.5 Å². The molecule has 1 aliphatic rings. The van der Waals surface area contributed by atoms with Crippen molar-refractivity contribution in [1.29, 1.82) is 0 Å². The van der Waals surface area contributed by atoms with E-state index in [-0.39, 0.29) is 11.8 Å². The van der Waals surface area contributed by atoms with Crippen molar-refractivity contribution in [2.45, 2.75) is 20.3 Å². The molecule has 6 nitrogen and oxygen atoms in total. The SMILES string of the molecule is CCOc1ccc(C(=O)Nc2ccccc2N2CCN(C(=O)CC)CC2)cc1Cl. The summed E-state index contributed by atoms with van der Waals surface area (Å²) in [4.78, 5) is 28.8. The Kier molecular flexibility index (Phi) is 6.99. The van der Waals surface area contributed by atoms with E-state index in [1.807, 2.05) is 43.0 Å². The minimum Gasteiger partial charge on any atom is -0.492 e. The Bertz CT molecular complexity index is 879. The maximum absolute atomic E-state index is 12.8. The molecule has 0 bridgehead atoms. The summed E-state index contributed by atoms with van der Waals surface area (Å²) in [5, 5.41) is 3.39. The molecule has 0 atom stereocenters. The molecule has 1 N–H and O–H groups in total. The van der Waals surface area contributed by atoms with Crippen molar-refractivity contribution in [2.75, 3.05) is 43.0 Å². The van der Waals surface area contributed by atoms with E-state index >= 15 is 0 Å². The van der Waals surface area contributed by atoms with Gasteiger partial charge in [0.1, 0.15) is 5.75 Å². The number of rotatable bonds is 6. The number of hydrogen-bond donors (Lipinski definition) is 1. The van der Waals surface area contributed by atoms with E-state index in [9.17, 15) is 9.59 Å². The van der Waals surface area contributed by atoms with Gasteiger partial charge in [0, 0.05) is 38.2 Å². The van der Waals surface area contributed by atoms with E-state index in [1.165, 1.54) is 0 Å². The smallest absolute Gasteiger partial charge is 0.255 e. The third-order valence-electron chi connectivity index (χ3n) is 4.92. The summed E-state index contributed by atoms with van der Waals surface area (Å²) in [5.74, 6) is 0.506. The molecule has 2 amide bonds. The van der Waals surface area contributed by atoms with Gasteiger partial charge in [-0.15, -0.1) is 0 Å². The van der Waals surface area contributed by atoms with Gasteiger partial charge in [-0.3, -0.25) is 9.59 Å². The van der Waals surface area contributed by atoms with Crippen LogP contribution in [0.25, 0.3) is 0 Å². The molecule has 154 valence electrons. The van der Waals surface area contributed by atoms with Gasteiger partial charge in [0.15, 0.2) is 0 Å². The Morgan fingerprint density at radius 2 is 1.79 bits per heavy atom. The number of nitrogens with one attached hydrogen (secondary N) is 1. The quantitative estimate of drug-likeness (QED) is 0.773. The van der Waals surface area contributed by atoms with Gasteiger partial charge in [-0.2, -0.15) is 0 Å². The largest absolute Gasteiger partial charge is 0.492 e. The average Bonchev–Trinajstić information content (AvgIpc) is 2.75. The van der Waals surface area contributed by atoms with Gasteiger partial charge in [0.05, 0.1) is 23.0 Å². The van der Waals surface area contributed by atoms with Crippen LogP contribution >= 0.6 is 11.6 Å². The van der Waals surface area contributed by atoms with Gasteiger partial charge in [0.2, 0.25) is 5.91 Å². The lowest BCUT2D eigenvalue weighted by atomic mass is 10.1. The number of carbonyl (C=O) groups excluding carboxylic acids is 2. The molecule has 2 aromatic carbocycles. The molecular weight excluding hydrogens is 390 g/mol. The third-order valence-corrected chi connectivity index (χ3v) is 5.22. The third kappa shape index (κ3) is 5.01. The molecule has 0 aliphatic carbocycles. The second-order valence-electron chi connectivity index (χ2n) is 6.77. The number of ether oxygens (including phenoxy) is 1. The molecule has 2 aromatic rings. The van der Waals surface area contributed by atoms with Gasteiger partial charge in [-0.05, 0) is 37.3 Å². The van der Waals surface area contributed by atoms with Gasteiger partial charge in [-0.1, -0.05) is 30.7 Å². The Morgan fingerprint density at radius 3 is 2.45 bits per heavy atom. The van der Waals surface area contributed by atoms with E-state index < -0.39 is 0 Å². The minimum absolute atomic E-state index is 0.179. The summed E-state index contributed by atoms with van der Waals surface area (Å²) in [7, 11) is 0.